The van der Waals surface area contributed by atoms with E-state index >= 15 is 0 Å². The summed E-state index contributed by atoms with van der Waals surface area (Å²) in [4.78, 5) is 12.0. The molecular formula is C13H16N4O. The van der Waals surface area contributed by atoms with Gasteiger partial charge in [-0.3, -0.25) is 14.2 Å². The first-order valence-electron chi connectivity index (χ1n) is 5.86. The van der Waals surface area contributed by atoms with Crippen LogP contribution < -0.4 is 0 Å². The molecule has 0 aliphatic carbocycles. The molecule has 18 heavy (non-hydrogen) atoms. The summed E-state index contributed by atoms with van der Waals surface area (Å²) in [5.41, 5.74) is 2.31. The van der Waals surface area contributed by atoms with Crippen LogP contribution in [-0.2, 0) is 13.6 Å². The van der Waals surface area contributed by atoms with Crippen molar-refractivity contribution in [2.24, 2.45) is 7.05 Å². The maximum atomic E-state index is 12.0. The van der Waals surface area contributed by atoms with Gasteiger partial charge in [0.15, 0.2) is 5.78 Å². The summed E-state index contributed by atoms with van der Waals surface area (Å²) < 4.78 is 3.51. The second kappa shape index (κ2) is 5.00. The minimum atomic E-state index is -0.0437. The fourth-order valence-electron chi connectivity index (χ4n) is 1.78. The van der Waals surface area contributed by atoms with Crippen molar-refractivity contribution >= 4 is 11.9 Å². The van der Waals surface area contributed by atoms with Gasteiger partial charge < -0.3 is 0 Å². The molecule has 0 saturated heterocycles. The molecule has 0 bridgehead atoms. The molecule has 0 N–H and O–H groups in total. The third-order valence-electron chi connectivity index (χ3n) is 2.81. The molecule has 2 aromatic rings. The Hall–Kier alpha value is -2.17. The van der Waals surface area contributed by atoms with Crippen LogP contribution in [0.2, 0.25) is 0 Å². The van der Waals surface area contributed by atoms with Gasteiger partial charge in [0.05, 0.1) is 17.5 Å². The summed E-state index contributed by atoms with van der Waals surface area (Å²) >= 11 is 0. The van der Waals surface area contributed by atoms with E-state index in [9.17, 15) is 4.79 Å². The lowest BCUT2D eigenvalue weighted by atomic mass is 10.1. The molecule has 0 fully saturated rings. The lowest BCUT2D eigenvalue weighted by Crippen LogP contribution is -2.01. The molecule has 0 amide bonds. The van der Waals surface area contributed by atoms with Gasteiger partial charge >= 0.3 is 0 Å². The predicted octanol–water partition coefficient (Wildman–Crippen LogP) is 1.84. The number of rotatable bonds is 4. The summed E-state index contributed by atoms with van der Waals surface area (Å²) in [5, 5.41) is 8.33. The van der Waals surface area contributed by atoms with Crippen LogP contribution >= 0.6 is 0 Å². The van der Waals surface area contributed by atoms with E-state index < -0.39 is 0 Å². The molecule has 0 aliphatic heterocycles. The highest BCUT2D eigenvalue weighted by Crippen LogP contribution is 2.09. The van der Waals surface area contributed by atoms with Gasteiger partial charge in [0.25, 0.3) is 0 Å². The Labute approximate surface area is 106 Å². The Kier molecular flexibility index (Phi) is 3.41. The van der Waals surface area contributed by atoms with Crippen LogP contribution in [0.3, 0.4) is 0 Å². The first-order chi connectivity index (χ1) is 8.61. The van der Waals surface area contributed by atoms with Crippen molar-refractivity contribution in [3.05, 3.63) is 41.5 Å². The van der Waals surface area contributed by atoms with Crippen LogP contribution in [0.4, 0.5) is 0 Å². The van der Waals surface area contributed by atoms with Crippen molar-refractivity contribution in [3.63, 3.8) is 0 Å². The number of aryl methyl sites for hydroxylation is 2. The van der Waals surface area contributed by atoms with Gasteiger partial charge in [-0.2, -0.15) is 10.2 Å². The number of aromatic nitrogens is 4. The molecule has 0 radical (unpaired) electrons. The van der Waals surface area contributed by atoms with E-state index in [-0.39, 0.29) is 5.78 Å². The van der Waals surface area contributed by atoms with E-state index in [1.807, 2.05) is 37.8 Å². The minimum absolute atomic E-state index is 0.0437. The Balaban J connectivity index is 2.17. The summed E-state index contributed by atoms with van der Waals surface area (Å²) in [7, 11) is 1.84. The SMILES string of the molecule is CCn1ncc(C(=O)/C=C/c2ccn(C)n2)c1C. The third-order valence-corrected chi connectivity index (χ3v) is 2.81. The van der Waals surface area contributed by atoms with Crippen molar-refractivity contribution in [2.75, 3.05) is 0 Å². The molecule has 2 aromatic heterocycles. The number of hydrogen-bond acceptors (Lipinski definition) is 3. The molecule has 94 valence electrons. The highest BCUT2D eigenvalue weighted by Gasteiger charge is 2.10. The fraction of sp³-hybridized carbons (Fsp3) is 0.308. The molecule has 0 spiro atoms. The first-order valence-corrected chi connectivity index (χ1v) is 5.86. The van der Waals surface area contributed by atoms with E-state index in [0.29, 0.717) is 5.56 Å². The van der Waals surface area contributed by atoms with Crippen molar-refractivity contribution in [2.45, 2.75) is 20.4 Å². The number of allylic oxidation sites excluding steroid dienone is 1. The zero-order valence-electron chi connectivity index (χ0n) is 10.8. The van der Waals surface area contributed by atoms with Crippen LogP contribution in [-0.4, -0.2) is 25.3 Å². The van der Waals surface area contributed by atoms with Gasteiger partial charge in [-0.1, -0.05) is 0 Å². The highest BCUT2D eigenvalue weighted by atomic mass is 16.1. The summed E-state index contributed by atoms with van der Waals surface area (Å²) in [5.74, 6) is -0.0437. The monoisotopic (exact) mass is 244 g/mol. The molecule has 5 heteroatoms. The zero-order chi connectivity index (χ0) is 13.1. The summed E-state index contributed by atoms with van der Waals surface area (Å²) in [6.45, 7) is 4.67. The number of carbonyl (C=O) groups excluding carboxylic acids is 1. The normalized spacial score (nSPS) is 11.3. The largest absolute Gasteiger partial charge is 0.289 e. The van der Waals surface area contributed by atoms with Gasteiger partial charge in [0, 0.05) is 25.5 Å². The van der Waals surface area contributed by atoms with Crippen LogP contribution in [0.1, 0.15) is 28.7 Å². The zero-order valence-corrected chi connectivity index (χ0v) is 10.8. The average Bonchev–Trinajstić information content (AvgIpc) is 2.92. The van der Waals surface area contributed by atoms with E-state index in [1.54, 1.807) is 17.0 Å². The van der Waals surface area contributed by atoms with Gasteiger partial charge in [-0.05, 0) is 32.1 Å². The lowest BCUT2D eigenvalue weighted by Gasteiger charge is -1.99. The molecule has 0 aliphatic rings. The number of nitrogens with zero attached hydrogens (tertiary/aromatic N) is 4. The van der Waals surface area contributed by atoms with Gasteiger partial charge in [0.1, 0.15) is 0 Å². The van der Waals surface area contributed by atoms with E-state index in [2.05, 4.69) is 10.2 Å². The van der Waals surface area contributed by atoms with Crippen molar-refractivity contribution in [1.29, 1.82) is 0 Å². The molecule has 2 heterocycles. The molecule has 0 saturated carbocycles. The Bertz CT molecular complexity index is 592. The molecular weight excluding hydrogens is 228 g/mol. The second-order valence-corrected chi connectivity index (χ2v) is 4.07. The Morgan fingerprint density at radius 2 is 2.28 bits per heavy atom. The summed E-state index contributed by atoms with van der Waals surface area (Å²) in [6.07, 6.45) is 6.70. The number of ketones is 1. The molecule has 2 rings (SSSR count). The Morgan fingerprint density at radius 1 is 1.50 bits per heavy atom. The topological polar surface area (TPSA) is 52.7 Å². The van der Waals surface area contributed by atoms with Crippen LogP contribution in [0.15, 0.2) is 24.5 Å². The smallest absolute Gasteiger partial charge is 0.189 e. The lowest BCUT2D eigenvalue weighted by molar-refractivity contribution is 0.104. The van der Waals surface area contributed by atoms with Gasteiger partial charge in [0.2, 0.25) is 0 Å². The van der Waals surface area contributed by atoms with Gasteiger partial charge in [-0.15, -0.1) is 0 Å². The van der Waals surface area contributed by atoms with Gasteiger partial charge in [-0.25, -0.2) is 0 Å². The standard InChI is InChI=1S/C13H16N4O/c1-4-17-10(2)12(9-14-17)13(18)6-5-11-7-8-16(3)15-11/h5-9H,4H2,1-3H3/b6-5+. The number of carbonyl (C=O) groups is 1. The highest BCUT2D eigenvalue weighted by molar-refractivity contribution is 6.07. The quantitative estimate of drug-likeness (QED) is 0.609. The van der Waals surface area contributed by atoms with E-state index in [1.165, 1.54) is 6.08 Å². The van der Waals surface area contributed by atoms with Crippen LogP contribution in [0.25, 0.3) is 6.08 Å². The fourth-order valence-corrected chi connectivity index (χ4v) is 1.78. The molecule has 0 unspecified atom stereocenters. The first kappa shape index (κ1) is 12.3. The maximum Gasteiger partial charge on any atom is 0.189 e. The molecule has 0 aromatic carbocycles. The predicted molar refractivity (Wildman–Crippen MR) is 69.2 cm³/mol. The average molecular weight is 244 g/mol. The third kappa shape index (κ3) is 2.40. The van der Waals surface area contributed by atoms with E-state index in [0.717, 1.165) is 17.9 Å². The second-order valence-electron chi connectivity index (χ2n) is 4.07. The van der Waals surface area contributed by atoms with Crippen LogP contribution in [0, 0.1) is 6.92 Å². The molecule has 5 nitrogen and oxygen atoms in total. The Morgan fingerprint density at radius 3 is 2.83 bits per heavy atom. The summed E-state index contributed by atoms with van der Waals surface area (Å²) in [6, 6.07) is 1.85. The minimum Gasteiger partial charge on any atom is -0.289 e. The van der Waals surface area contributed by atoms with Crippen molar-refractivity contribution < 1.29 is 4.79 Å². The van der Waals surface area contributed by atoms with Crippen molar-refractivity contribution in [3.8, 4) is 0 Å². The molecule has 0 atom stereocenters. The number of hydrogen-bond donors (Lipinski definition) is 0. The maximum absolute atomic E-state index is 12.0. The van der Waals surface area contributed by atoms with E-state index in [4.69, 9.17) is 0 Å². The van der Waals surface area contributed by atoms with Crippen molar-refractivity contribution in [1.82, 2.24) is 19.6 Å². The van der Waals surface area contributed by atoms with Crippen LogP contribution in [0.5, 0.6) is 0 Å².